The number of rotatable bonds is 4. The maximum absolute atomic E-state index is 11.7. The standard InChI is InChI=1S/C14H11N3O5/c18-12-3-1-2-9(7-12)14(20)16-15-8-10-6-11(17(21)22)4-5-13(10)19/h1-8,18-19H,(H,16,20). The average molecular weight is 301 g/mol. The lowest BCUT2D eigenvalue weighted by Crippen LogP contribution is -2.17. The van der Waals surface area contributed by atoms with E-state index in [0.717, 1.165) is 24.4 Å². The van der Waals surface area contributed by atoms with E-state index >= 15 is 0 Å². The number of hydrazone groups is 1. The van der Waals surface area contributed by atoms with Crippen molar-refractivity contribution in [3.63, 3.8) is 0 Å². The van der Waals surface area contributed by atoms with Gasteiger partial charge in [-0.2, -0.15) is 5.10 Å². The Bertz CT molecular complexity index is 758. The van der Waals surface area contributed by atoms with Gasteiger partial charge in [0.05, 0.1) is 11.1 Å². The quantitative estimate of drug-likeness (QED) is 0.451. The highest BCUT2D eigenvalue weighted by atomic mass is 16.6. The van der Waals surface area contributed by atoms with Gasteiger partial charge < -0.3 is 10.2 Å². The Labute approximate surface area is 124 Å². The van der Waals surface area contributed by atoms with Crippen LogP contribution in [0, 0.1) is 10.1 Å². The molecule has 0 aliphatic carbocycles. The van der Waals surface area contributed by atoms with Crippen LogP contribution in [0.15, 0.2) is 47.6 Å². The molecule has 0 aliphatic rings. The van der Waals surface area contributed by atoms with Crippen molar-refractivity contribution in [2.45, 2.75) is 0 Å². The molecule has 22 heavy (non-hydrogen) atoms. The van der Waals surface area contributed by atoms with E-state index in [9.17, 15) is 25.1 Å². The van der Waals surface area contributed by atoms with Gasteiger partial charge in [-0.05, 0) is 24.3 Å². The molecule has 8 nitrogen and oxygen atoms in total. The van der Waals surface area contributed by atoms with Crippen LogP contribution in [0.1, 0.15) is 15.9 Å². The predicted molar refractivity (Wildman–Crippen MR) is 77.9 cm³/mol. The molecule has 0 radical (unpaired) electrons. The van der Waals surface area contributed by atoms with Gasteiger partial charge >= 0.3 is 0 Å². The second-order valence-corrected chi connectivity index (χ2v) is 4.25. The Morgan fingerprint density at radius 3 is 2.68 bits per heavy atom. The Morgan fingerprint density at radius 2 is 2.00 bits per heavy atom. The summed E-state index contributed by atoms with van der Waals surface area (Å²) < 4.78 is 0. The number of phenolic OH excluding ortho intramolecular Hbond substituents is 2. The summed E-state index contributed by atoms with van der Waals surface area (Å²) in [5, 5.41) is 33.1. The highest BCUT2D eigenvalue weighted by molar-refractivity contribution is 5.95. The highest BCUT2D eigenvalue weighted by Gasteiger charge is 2.09. The summed E-state index contributed by atoms with van der Waals surface area (Å²) in [6.07, 6.45) is 1.09. The van der Waals surface area contributed by atoms with Gasteiger partial charge in [0, 0.05) is 23.3 Å². The molecular formula is C14H11N3O5. The van der Waals surface area contributed by atoms with Gasteiger partial charge in [0.15, 0.2) is 0 Å². The molecule has 2 aromatic rings. The summed E-state index contributed by atoms with van der Waals surface area (Å²) in [5.74, 6) is -0.842. The van der Waals surface area contributed by atoms with Crippen LogP contribution >= 0.6 is 0 Å². The molecular weight excluding hydrogens is 290 g/mol. The van der Waals surface area contributed by atoms with Crippen LogP contribution < -0.4 is 5.43 Å². The zero-order valence-corrected chi connectivity index (χ0v) is 11.1. The van der Waals surface area contributed by atoms with Crippen molar-refractivity contribution in [1.82, 2.24) is 5.43 Å². The second-order valence-electron chi connectivity index (χ2n) is 4.25. The zero-order valence-electron chi connectivity index (χ0n) is 11.1. The first kappa shape index (κ1) is 15.0. The lowest BCUT2D eigenvalue weighted by molar-refractivity contribution is -0.384. The number of phenols is 2. The van der Waals surface area contributed by atoms with Crippen LogP contribution in [0.2, 0.25) is 0 Å². The number of carbonyl (C=O) groups is 1. The summed E-state index contributed by atoms with van der Waals surface area (Å²) in [6.45, 7) is 0. The highest BCUT2D eigenvalue weighted by Crippen LogP contribution is 2.21. The van der Waals surface area contributed by atoms with Gasteiger partial charge in [0.25, 0.3) is 11.6 Å². The molecule has 0 aromatic heterocycles. The molecule has 0 unspecified atom stereocenters. The lowest BCUT2D eigenvalue weighted by Gasteiger charge is -2.01. The van der Waals surface area contributed by atoms with Crippen molar-refractivity contribution in [3.05, 3.63) is 63.7 Å². The topological polar surface area (TPSA) is 125 Å². The molecule has 2 rings (SSSR count). The van der Waals surface area contributed by atoms with Crippen molar-refractivity contribution >= 4 is 17.8 Å². The smallest absolute Gasteiger partial charge is 0.271 e. The number of benzene rings is 2. The summed E-state index contributed by atoms with van der Waals surface area (Å²) in [5.41, 5.74) is 2.26. The maximum atomic E-state index is 11.7. The summed E-state index contributed by atoms with van der Waals surface area (Å²) in [6, 6.07) is 9.10. The molecule has 0 aliphatic heterocycles. The molecule has 1 amide bonds. The maximum Gasteiger partial charge on any atom is 0.271 e. The fourth-order valence-electron chi connectivity index (χ4n) is 1.63. The number of nitro benzene ring substituents is 1. The molecule has 0 spiro atoms. The minimum atomic E-state index is -0.609. The van der Waals surface area contributed by atoms with Crippen molar-refractivity contribution in [1.29, 1.82) is 0 Å². The third-order valence-electron chi connectivity index (χ3n) is 2.70. The Balaban J connectivity index is 2.11. The first-order valence-corrected chi connectivity index (χ1v) is 6.07. The molecule has 8 heteroatoms. The molecule has 0 saturated carbocycles. The Morgan fingerprint density at radius 1 is 1.23 bits per heavy atom. The van der Waals surface area contributed by atoms with E-state index in [1.807, 2.05) is 0 Å². The van der Waals surface area contributed by atoms with Gasteiger partial charge in [-0.3, -0.25) is 14.9 Å². The molecule has 0 saturated heterocycles. The van der Waals surface area contributed by atoms with Crippen LogP contribution in [-0.4, -0.2) is 27.3 Å². The third-order valence-corrected chi connectivity index (χ3v) is 2.70. The fourth-order valence-corrected chi connectivity index (χ4v) is 1.63. The number of aromatic hydroxyl groups is 2. The van der Waals surface area contributed by atoms with Gasteiger partial charge in [-0.15, -0.1) is 0 Å². The van der Waals surface area contributed by atoms with Crippen molar-refractivity contribution in [2.24, 2.45) is 5.10 Å². The van der Waals surface area contributed by atoms with Gasteiger partial charge in [0.2, 0.25) is 0 Å². The number of carbonyl (C=O) groups excluding carboxylic acids is 1. The molecule has 2 aromatic carbocycles. The normalized spacial score (nSPS) is 10.5. The minimum Gasteiger partial charge on any atom is -0.508 e. The van der Waals surface area contributed by atoms with E-state index in [4.69, 9.17) is 0 Å². The Kier molecular flexibility index (Phi) is 4.33. The van der Waals surface area contributed by atoms with Crippen LogP contribution in [0.25, 0.3) is 0 Å². The number of nitrogens with zero attached hydrogens (tertiary/aromatic N) is 2. The summed E-state index contributed by atoms with van der Waals surface area (Å²) in [4.78, 5) is 21.8. The number of nitro groups is 1. The molecule has 0 bridgehead atoms. The van der Waals surface area contributed by atoms with Crippen molar-refractivity contribution in [2.75, 3.05) is 0 Å². The first-order valence-electron chi connectivity index (χ1n) is 6.07. The van der Waals surface area contributed by atoms with Crippen LogP contribution in [0.3, 0.4) is 0 Å². The number of nitrogens with one attached hydrogen (secondary N) is 1. The van der Waals surface area contributed by atoms with E-state index < -0.39 is 10.8 Å². The lowest BCUT2D eigenvalue weighted by atomic mass is 10.2. The SMILES string of the molecule is O=C(NN=Cc1cc([N+](=O)[O-])ccc1O)c1cccc(O)c1. The number of hydrogen-bond donors (Lipinski definition) is 3. The summed E-state index contributed by atoms with van der Waals surface area (Å²) in [7, 11) is 0. The van der Waals surface area contributed by atoms with E-state index in [-0.39, 0.29) is 28.3 Å². The zero-order chi connectivity index (χ0) is 16.1. The van der Waals surface area contributed by atoms with E-state index in [1.54, 1.807) is 0 Å². The van der Waals surface area contributed by atoms with E-state index in [1.165, 1.54) is 24.3 Å². The van der Waals surface area contributed by atoms with Crippen LogP contribution in [0.5, 0.6) is 11.5 Å². The minimum absolute atomic E-state index is 0.0621. The first-order chi connectivity index (χ1) is 10.5. The number of non-ortho nitro benzene ring substituents is 1. The van der Waals surface area contributed by atoms with E-state index in [2.05, 4.69) is 10.5 Å². The molecule has 0 atom stereocenters. The Hall–Kier alpha value is -3.42. The molecule has 112 valence electrons. The van der Waals surface area contributed by atoms with Crippen LogP contribution in [0.4, 0.5) is 5.69 Å². The molecule has 0 heterocycles. The third kappa shape index (κ3) is 3.57. The average Bonchev–Trinajstić information content (AvgIpc) is 2.48. The van der Waals surface area contributed by atoms with Crippen molar-refractivity contribution < 1.29 is 19.9 Å². The monoisotopic (exact) mass is 301 g/mol. The van der Waals surface area contributed by atoms with Gasteiger partial charge in [-0.1, -0.05) is 6.07 Å². The molecule has 0 fully saturated rings. The second kappa shape index (κ2) is 6.35. The van der Waals surface area contributed by atoms with Gasteiger partial charge in [-0.25, -0.2) is 5.43 Å². The number of amides is 1. The van der Waals surface area contributed by atoms with Crippen LogP contribution in [-0.2, 0) is 0 Å². The van der Waals surface area contributed by atoms with Gasteiger partial charge in [0.1, 0.15) is 11.5 Å². The fraction of sp³-hybridized carbons (Fsp3) is 0. The van der Waals surface area contributed by atoms with E-state index in [0.29, 0.717) is 0 Å². The predicted octanol–water partition coefficient (Wildman–Crippen LogP) is 1.77. The van der Waals surface area contributed by atoms with Crippen molar-refractivity contribution in [3.8, 4) is 11.5 Å². The molecule has 3 N–H and O–H groups in total. The largest absolute Gasteiger partial charge is 0.508 e. The number of hydrogen-bond acceptors (Lipinski definition) is 6. The summed E-state index contributed by atoms with van der Waals surface area (Å²) >= 11 is 0.